The maximum absolute atomic E-state index is 8.68. The summed E-state index contributed by atoms with van der Waals surface area (Å²) >= 11 is 3.37. The lowest BCUT2D eigenvalue weighted by atomic mass is 9.80. The van der Waals surface area contributed by atoms with Crippen molar-refractivity contribution in [1.82, 2.24) is 0 Å². The van der Waals surface area contributed by atoms with Gasteiger partial charge in [-0.25, -0.2) is 0 Å². The molecule has 0 aliphatic heterocycles. The fourth-order valence-electron chi connectivity index (χ4n) is 1.37. The smallest absolute Gasteiger partial charge is 0.142 e. The van der Waals surface area contributed by atoms with Gasteiger partial charge in [0.2, 0.25) is 0 Å². The summed E-state index contributed by atoms with van der Waals surface area (Å²) in [5, 5.41) is 8.68. The molecule has 1 unspecified atom stereocenters. The number of aliphatic hydroxyl groups excluding tert-OH is 1. The Balaban J connectivity index is 3.06. The van der Waals surface area contributed by atoms with E-state index in [2.05, 4.69) is 15.9 Å². The summed E-state index contributed by atoms with van der Waals surface area (Å²) in [6, 6.07) is 3.52. The van der Waals surface area contributed by atoms with Gasteiger partial charge in [-0.1, -0.05) is 15.9 Å². The predicted molar refractivity (Wildman–Crippen MR) is 68.7 cm³/mol. The lowest BCUT2D eigenvalue weighted by molar-refractivity contribution is 0.202. The molecule has 6 heteroatoms. The third kappa shape index (κ3) is 2.90. The van der Waals surface area contributed by atoms with Gasteiger partial charge in [0.25, 0.3) is 0 Å². The van der Waals surface area contributed by atoms with Crippen LogP contribution in [-0.2, 0) is 0 Å². The molecule has 0 saturated carbocycles. The molecule has 2 radical (unpaired) electrons. The molecular weight excluding hydrogens is 271 g/mol. The van der Waals surface area contributed by atoms with Gasteiger partial charge in [0.15, 0.2) is 0 Å². The molecule has 0 spiro atoms. The van der Waals surface area contributed by atoms with Crippen molar-refractivity contribution in [2.24, 2.45) is 5.73 Å². The number of aliphatic hydroxyl groups is 1. The van der Waals surface area contributed by atoms with E-state index >= 15 is 0 Å². The molecule has 86 valence electrons. The molecule has 0 saturated heterocycles. The van der Waals surface area contributed by atoms with Crippen molar-refractivity contribution in [3.05, 3.63) is 22.2 Å². The Morgan fingerprint density at radius 1 is 1.50 bits per heavy atom. The molecule has 1 atom stereocenters. The van der Waals surface area contributed by atoms with Crippen LogP contribution in [0.3, 0.4) is 0 Å². The minimum atomic E-state index is -0.341. The third-order valence-corrected chi connectivity index (χ3v) is 2.86. The van der Waals surface area contributed by atoms with Gasteiger partial charge in [0, 0.05) is 4.47 Å². The second-order valence-electron chi connectivity index (χ2n) is 3.29. The highest BCUT2D eigenvalue weighted by atomic mass is 79.9. The first-order valence-corrected chi connectivity index (χ1v) is 5.68. The first-order chi connectivity index (χ1) is 7.61. The van der Waals surface area contributed by atoms with Crippen LogP contribution in [-0.4, -0.2) is 32.7 Å². The maximum atomic E-state index is 8.68. The minimum Gasteiger partial charge on any atom is -0.489 e. The summed E-state index contributed by atoms with van der Waals surface area (Å²) < 4.78 is 6.09. The second kappa shape index (κ2) is 6.13. The number of halogens is 1. The van der Waals surface area contributed by atoms with Crippen molar-refractivity contribution < 1.29 is 9.84 Å². The van der Waals surface area contributed by atoms with Crippen LogP contribution in [0.2, 0.25) is 0 Å². The minimum absolute atomic E-state index is 0.0617. The van der Waals surface area contributed by atoms with E-state index in [1.54, 1.807) is 12.1 Å². The Morgan fingerprint density at radius 3 is 2.75 bits per heavy atom. The van der Waals surface area contributed by atoms with Gasteiger partial charge in [0.05, 0.1) is 20.1 Å². The van der Waals surface area contributed by atoms with Gasteiger partial charge in [-0.05, 0) is 30.1 Å². The van der Waals surface area contributed by atoms with E-state index in [9.17, 15) is 0 Å². The average molecular weight is 285 g/mol. The Morgan fingerprint density at radius 2 is 2.19 bits per heavy atom. The Bertz CT molecular complexity index is 363. The lowest BCUT2D eigenvalue weighted by Gasteiger charge is -2.17. The molecule has 5 N–H and O–H groups in total. The van der Waals surface area contributed by atoms with Crippen LogP contribution in [0.25, 0.3) is 0 Å². The van der Waals surface area contributed by atoms with Crippen LogP contribution in [0.1, 0.15) is 11.4 Å². The van der Waals surface area contributed by atoms with E-state index < -0.39 is 0 Å². The van der Waals surface area contributed by atoms with Crippen molar-refractivity contribution in [2.45, 2.75) is 5.82 Å². The monoisotopic (exact) mass is 284 g/mol. The van der Waals surface area contributed by atoms with Crippen molar-refractivity contribution in [2.75, 3.05) is 25.5 Å². The highest BCUT2D eigenvalue weighted by Crippen LogP contribution is 2.35. The van der Waals surface area contributed by atoms with E-state index in [1.807, 2.05) is 0 Å². The van der Waals surface area contributed by atoms with E-state index in [1.165, 1.54) is 0 Å². The summed E-state index contributed by atoms with van der Waals surface area (Å²) in [6.45, 7) is 0.434. The SMILES string of the molecule is [B]C(CN)c1c(Br)ccc(OCCO)c1N. The molecule has 0 heterocycles. The number of hydrogen-bond acceptors (Lipinski definition) is 4. The molecule has 1 aromatic rings. The number of benzene rings is 1. The van der Waals surface area contributed by atoms with Gasteiger partial charge in [-0.3, -0.25) is 0 Å². The van der Waals surface area contributed by atoms with Crippen LogP contribution in [0.4, 0.5) is 5.69 Å². The summed E-state index contributed by atoms with van der Waals surface area (Å²) in [5.41, 5.74) is 12.6. The molecule has 1 aromatic carbocycles. The molecule has 1 rings (SSSR count). The van der Waals surface area contributed by atoms with Gasteiger partial charge in [0.1, 0.15) is 12.4 Å². The van der Waals surface area contributed by atoms with Gasteiger partial charge in [-0.15, -0.1) is 0 Å². The molecule has 16 heavy (non-hydrogen) atoms. The van der Waals surface area contributed by atoms with Crippen molar-refractivity contribution >= 4 is 29.5 Å². The van der Waals surface area contributed by atoms with E-state index in [0.717, 1.165) is 10.0 Å². The Hall–Kier alpha value is -0.715. The number of rotatable bonds is 5. The molecule has 0 aromatic heterocycles. The zero-order chi connectivity index (χ0) is 12.1. The van der Waals surface area contributed by atoms with Crippen LogP contribution in [0.15, 0.2) is 16.6 Å². The lowest BCUT2D eigenvalue weighted by Crippen LogP contribution is -2.15. The summed E-state index contributed by atoms with van der Waals surface area (Å²) in [5.74, 6) is 0.170. The van der Waals surface area contributed by atoms with E-state index in [4.69, 9.17) is 29.2 Å². The summed E-state index contributed by atoms with van der Waals surface area (Å²) in [7, 11) is 5.85. The summed E-state index contributed by atoms with van der Waals surface area (Å²) in [6.07, 6.45) is 0. The normalized spacial score (nSPS) is 12.4. The number of anilines is 1. The van der Waals surface area contributed by atoms with Crippen LogP contribution in [0.5, 0.6) is 5.75 Å². The predicted octanol–water partition coefficient (Wildman–Crippen LogP) is 0.571. The zero-order valence-corrected chi connectivity index (χ0v) is 10.4. The average Bonchev–Trinajstić information content (AvgIpc) is 2.28. The summed E-state index contributed by atoms with van der Waals surface area (Å²) in [4.78, 5) is 0. The van der Waals surface area contributed by atoms with Gasteiger partial charge < -0.3 is 21.3 Å². The highest BCUT2D eigenvalue weighted by Gasteiger charge is 2.15. The van der Waals surface area contributed by atoms with E-state index in [0.29, 0.717) is 18.0 Å². The number of nitrogen functional groups attached to an aromatic ring is 1. The molecular formula is C10H14BBrN2O2. The van der Waals surface area contributed by atoms with Crippen molar-refractivity contribution in [3.63, 3.8) is 0 Å². The number of ether oxygens (including phenoxy) is 1. The van der Waals surface area contributed by atoms with Gasteiger partial charge >= 0.3 is 0 Å². The molecule has 0 amide bonds. The fourth-order valence-corrected chi connectivity index (χ4v) is 2.01. The first kappa shape index (κ1) is 13.4. The number of nitrogens with two attached hydrogens (primary N) is 2. The third-order valence-electron chi connectivity index (χ3n) is 2.17. The Kier molecular flexibility index (Phi) is 5.11. The number of hydrogen-bond donors (Lipinski definition) is 3. The van der Waals surface area contributed by atoms with Crippen molar-refractivity contribution in [3.8, 4) is 5.75 Å². The first-order valence-electron chi connectivity index (χ1n) is 4.89. The zero-order valence-electron chi connectivity index (χ0n) is 8.82. The quantitative estimate of drug-likeness (QED) is 0.545. The standard InChI is InChI=1S/C10H14BBrN2O2/c11-6(5-13)9-7(12)1-2-8(10(9)14)16-4-3-15/h1-2,6,15H,3-5,13-14H2. The molecule has 0 aliphatic carbocycles. The van der Waals surface area contributed by atoms with Gasteiger partial charge in [-0.2, -0.15) is 0 Å². The second-order valence-corrected chi connectivity index (χ2v) is 4.14. The van der Waals surface area contributed by atoms with Crippen molar-refractivity contribution in [1.29, 1.82) is 0 Å². The maximum Gasteiger partial charge on any atom is 0.142 e. The molecule has 0 bridgehead atoms. The molecule has 0 aliphatic rings. The Labute approximate surface area is 104 Å². The highest BCUT2D eigenvalue weighted by molar-refractivity contribution is 9.10. The van der Waals surface area contributed by atoms with Crippen LogP contribution in [0, 0.1) is 0 Å². The van der Waals surface area contributed by atoms with Crippen LogP contribution >= 0.6 is 15.9 Å². The largest absolute Gasteiger partial charge is 0.489 e. The van der Waals surface area contributed by atoms with E-state index in [-0.39, 0.29) is 19.0 Å². The molecule has 0 fully saturated rings. The molecule has 4 nitrogen and oxygen atoms in total. The van der Waals surface area contributed by atoms with Crippen LogP contribution < -0.4 is 16.2 Å². The fraction of sp³-hybridized carbons (Fsp3) is 0.400. The topological polar surface area (TPSA) is 81.5 Å².